The average molecular weight is 351 g/mol. The van der Waals surface area contributed by atoms with Crippen molar-refractivity contribution < 1.29 is 0 Å². The van der Waals surface area contributed by atoms with E-state index < -0.39 is 0 Å². The first kappa shape index (κ1) is 15.5. The summed E-state index contributed by atoms with van der Waals surface area (Å²) in [5.74, 6) is 0. The van der Waals surface area contributed by atoms with Gasteiger partial charge >= 0.3 is 0 Å². The zero-order valence-electron chi connectivity index (χ0n) is 13.1. The smallest absolute Gasteiger partial charge is 0.0247 e. The lowest BCUT2D eigenvalue weighted by Crippen LogP contribution is -2.32. The summed E-state index contributed by atoms with van der Waals surface area (Å²) in [4.78, 5) is 2.65. The van der Waals surface area contributed by atoms with Gasteiger partial charge in [-0.25, -0.2) is 0 Å². The lowest BCUT2D eigenvalue weighted by atomic mass is 10.1. The molecular formula is C18H27BrN2. The van der Waals surface area contributed by atoms with Crippen molar-refractivity contribution in [1.29, 1.82) is 0 Å². The lowest BCUT2D eigenvalue weighted by Gasteiger charge is -2.28. The molecule has 1 N–H and O–H groups in total. The molecule has 0 unspecified atom stereocenters. The molecule has 21 heavy (non-hydrogen) atoms. The summed E-state index contributed by atoms with van der Waals surface area (Å²) in [7, 11) is 0. The van der Waals surface area contributed by atoms with E-state index in [4.69, 9.17) is 0 Å². The first-order valence-corrected chi connectivity index (χ1v) is 9.30. The molecular weight excluding hydrogens is 324 g/mol. The molecule has 0 bridgehead atoms. The Morgan fingerprint density at radius 3 is 2.57 bits per heavy atom. The fourth-order valence-corrected chi connectivity index (χ4v) is 3.92. The van der Waals surface area contributed by atoms with Gasteiger partial charge in [0.15, 0.2) is 0 Å². The first-order chi connectivity index (χ1) is 10.3. The Balaban J connectivity index is 1.60. The van der Waals surface area contributed by atoms with Crippen LogP contribution in [0, 0.1) is 0 Å². The van der Waals surface area contributed by atoms with E-state index in [2.05, 4.69) is 51.3 Å². The van der Waals surface area contributed by atoms with E-state index in [1.165, 1.54) is 54.1 Å². The lowest BCUT2D eigenvalue weighted by molar-refractivity contribution is 0.200. The van der Waals surface area contributed by atoms with Crippen LogP contribution in [0.1, 0.15) is 56.6 Å². The van der Waals surface area contributed by atoms with E-state index in [0.29, 0.717) is 0 Å². The Morgan fingerprint density at radius 2 is 1.95 bits per heavy atom. The molecule has 3 rings (SSSR count). The van der Waals surface area contributed by atoms with Gasteiger partial charge in [-0.2, -0.15) is 0 Å². The summed E-state index contributed by atoms with van der Waals surface area (Å²) < 4.78 is 1.27. The van der Waals surface area contributed by atoms with Crippen LogP contribution < -0.4 is 5.32 Å². The highest BCUT2D eigenvalue weighted by molar-refractivity contribution is 9.10. The van der Waals surface area contributed by atoms with Crippen molar-refractivity contribution in [2.75, 3.05) is 6.54 Å². The monoisotopic (exact) mass is 350 g/mol. The molecule has 0 heterocycles. The van der Waals surface area contributed by atoms with Crippen molar-refractivity contribution in [2.24, 2.45) is 0 Å². The number of nitrogens with zero attached hydrogens (tertiary/aromatic N) is 1. The maximum atomic E-state index is 3.78. The molecule has 1 aromatic rings. The third kappa shape index (κ3) is 4.30. The van der Waals surface area contributed by atoms with Gasteiger partial charge in [0.2, 0.25) is 0 Å². The molecule has 2 aliphatic carbocycles. The Kier molecular flexibility index (Phi) is 5.36. The van der Waals surface area contributed by atoms with E-state index in [1.807, 2.05) is 0 Å². The fourth-order valence-electron chi connectivity index (χ4n) is 3.37. The maximum absolute atomic E-state index is 3.78. The highest BCUT2D eigenvalue weighted by Crippen LogP contribution is 2.27. The van der Waals surface area contributed by atoms with E-state index in [9.17, 15) is 0 Å². The Hall–Kier alpha value is -0.380. The van der Waals surface area contributed by atoms with Crippen LogP contribution in [0.2, 0.25) is 0 Å². The molecule has 0 amide bonds. The van der Waals surface area contributed by atoms with E-state index in [1.54, 1.807) is 0 Å². The first-order valence-electron chi connectivity index (χ1n) is 8.51. The topological polar surface area (TPSA) is 15.3 Å². The third-order valence-corrected chi connectivity index (χ3v) is 5.65. The van der Waals surface area contributed by atoms with Crippen molar-refractivity contribution in [3.05, 3.63) is 33.8 Å². The molecule has 2 saturated carbocycles. The van der Waals surface area contributed by atoms with Gasteiger partial charge in [0, 0.05) is 29.6 Å². The van der Waals surface area contributed by atoms with Crippen molar-refractivity contribution in [3.63, 3.8) is 0 Å². The van der Waals surface area contributed by atoms with E-state index in [0.717, 1.165) is 31.7 Å². The molecule has 0 aromatic heterocycles. The zero-order valence-corrected chi connectivity index (χ0v) is 14.7. The Bertz CT molecular complexity index is 464. The number of hydrogen-bond acceptors (Lipinski definition) is 2. The van der Waals surface area contributed by atoms with Crippen LogP contribution in [0.4, 0.5) is 0 Å². The van der Waals surface area contributed by atoms with Crippen molar-refractivity contribution in [3.8, 4) is 0 Å². The summed E-state index contributed by atoms with van der Waals surface area (Å²) in [6.45, 7) is 5.53. The van der Waals surface area contributed by atoms with Gasteiger partial charge in [0.1, 0.15) is 0 Å². The predicted octanol–water partition coefficient (Wildman–Crippen LogP) is 4.47. The quantitative estimate of drug-likeness (QED) is 0.780. The van der Waals surface area contributed by atoms with Crippen molar-refractivity contribution in [2.45, 2.75) is 70.6 Å². The number of hydrogen-bond donors (Lipinski definition) is 1. The summed E-state index contributed by atoms with van der Waals surface area (Å²) >= 11 is 3.78. The van der Waals surface area contributed by atoms with Gasteiger partial charge in [-0.05, 0) is 49.4 Å². The minimum Gasteiger partial charge on any atom is -0.310 e. The van der Waals surface area contributed by atoms with Gasteiger partial charge in [-0.15, -0.1) is 0 Å². The minimum atomic E-state index is 0.779. The summed E-state index contributed by atoms with van der Waals surface area (Å²) in [6, 6.07) is 8.48. The molecule has 3 heteroatoms. The second-order valence-corrected chi connectivity index (χ2v) is 7.44. The van der Waals surface area contributed by atoms with Crippen LogP contribution in [0.5, 0.6) is 0 Å². The molecule has 2 fully saturated rings. The van der Waals surface area contributed by atoms with E-state index >= 15 is 0 Å². The van der Waals surface area contributed by atoms with Crippen LogP contribution >= 0.6 is 15.9 Å². The molecule has 0 radical (unpaired) electrons. The van der Waals surface area contributed by atoms with Crippen molar-refractivity contribution in [1.82, 2.24) is 10.2 Å². The van der Waals surface area contributed by atoms with Crippen LogP contribution in [-0.4, -0.2) is 23.5 Å². The van der Waals surface area contributed by atoms with Crippen LogP contribution in [0.25, 0.3) is 0 Å². The molecule has 116 valence electrons. The predicted molar refractivity (Wildman–Crippen MR) is 92.3 cm³/mol. The third-order valence-electron chi connectivity index (χ3n) is 4.91. The highest BCUT2D eigenvalue weighted by Gasteiger charge is 2.22. The number of benzene rings is 1. The second kappa shape index (κ2) is 7.26. The number of rotatable bonds is 7. The van der Waals surface area contributed by atoms with E-state index in [-0.39, 0.29) is 0 Å². The standard InChI is InChI=1S/C18H27BrN2/c1-2-21(17-5-3-4-6-17)13-15-8-7-14(11-18(15)19)12-20-16-9-10-16/h7-8,11,16-17,20H,2-6,9-10,12-13H2,1H3. The number of nitrogens with one attached hydrogen (secondary N) is 1. The Morgan fingerprint density at radius 1 is 1.19 bits per heavy atom. The van der Waals surface area contributed by atoms with Gasteiger partial charge in [-0.3, -0.25) is 4.90 Å². The molecule has 1 aromatic carbocycles. The van der Waals surface area contributed by atoms with Crippen LogP contribution in [0.15, 0.2) is 22.7 Å². The van der Waals surface area contributed by atoms with Crippen LogP contribution in [0.3, 0.4) is 0 Å². The summed E-state index contributed by atoms with van der Waals surface area (Å²) in [5.41, 5.74) is 2.82. The van der Waals surface area contributed by atoms with Gasteiger partial charge in [-0.1, -0.05) is 47.8 Å². The summed E-state index contributed by atoms with van der Waals surface area (Å²) in [5, 5.41) is 3.59. The van der Waals surface area contributed by atoms with Gasteiger partial charge < -0.3 is 5.32 Å². The molecule has 0 spiro atoms. The van der Waals surface area contributed by atoms with Gasteiger partial charge in [0.05, 0.1) is 0 Å². The maximum Gasteiger partial charge on any atom is 0.0247 e. The van der Waals surface area contributed by atoms with Crippen LogP contribution in [-0.2, 0) is 13.1 Å². The molecule has 2 aliphatic rings. The molecule has 0 saturated heterocycles. The SMILES string of the molecule is CCN(Cc1ccc(CNC2CC2)cc1Br)C1CCCC1. The normalized spacial score (nSPS) is 19.6. The molecule has 2 nitrogen and oxygen atoms in total. The van der Waals surface area contributed by atoms with Crippen molar-refractivity contribution >= 4 is 15.9 Å². The highest BCUT2D eigenvalue weighted by atomic mass is 79.9. The zero-order chi connectivity index (χ0) is 14.7. The molecule has 0 aliphatic heterocycles. The number of halogens is 1. The minimum absolute atomic E-state index is 0.779. The Labute approximate surface area is 137 Å². The molecule has 0 atom stereocenters. The van der Waals surface area contributed by atoms with Gasteiger partial charge in [0.25, 0.3) is 0 Å². The second-order valence-electron chi connectivity index (χ2n) is 6.58. The fraction of sp³-hybridized carbons (Fsp3) is 0.667. The summed E-state index contributed by atoms with van der Waals surface area (Å²) in [6.07, 6.45) is 8.30. The average Bonchev–Trinajstić information content (AvgIpc) is 3.17. The largest absolute Gasteiger partial charge is 0.310 e.